The Kier molecular flexibility index (Phi) is 5.77. The van der Waals surface area contributed by atoms with E-state index in [0.29, 0.717) is 42.2 Å². The van der Waals surface area contributed by atoms with Gasteiger partial charge in [-0.1, -0.05) is 5.16 Å². The van der Waals surface area contributed by atoms with E-state index in [0.717, 1.165) is 5.56 Å². The molecule has 0 aliphatic rings. The minimum absolute atomic E-state index is 0.200. The van der Waals surface area contributed by atoms with Gasteiger partial charge in [0.15, 0.2) is 5.82 Å². The van der Waals surface area contributed by atoms with Crippen LogP contribution in [0.5, 0.6) is 0 Å². The number of carbonyl (C=O) groups excluding carboxylic acids is 1. The summed E-state index contributed by atoms with van der Waals surface area (Å²) < 4.78 is 15.5. The maximum absolute atomic E-state index is 12.3. The Bertz CT molecular complexity index is 889. The van der Waals surface area contributed by atoms with Crippen LogP contribution in [0.4, 0.5) is 10.5 Å². The highest BCUT2D eigenvalue weighted by Crippen LogP contribution is 2.20. The van der Waals surface area contributed by atoms with E-state index in [-0.39, 0.29) is 12.6 Å². The predicted molar refractivity (Wildman–Crippen MR) is 94.8 cm³/mol. The van der Waals surface area contributed by atoms with E-state index in [4.69, 9.17) is 13.7 Å². The molecule has 0 spiro atoms. The molecule has 0 radical (unpaired) electrons. The fourth-order valence-corrected chi connectivity index (χ4v) is 2.25. The fraction of sp³-hybridized carbons (Fsp3) is 0.353. The van der Waals surface area contributed by atoms with Gasteiger partial charge in [-0.15, -0.1) is 10.2 Å². The van der Waals surface area contributed by atoms with E-state index >= 15 is 0 Å². The maximum Gasteiger partial charge on any atom is 0.322 e. The number of aromatic nitrogens is 4. The molecule has 3 aromatic rings. The van der Waals surface area contributed by atoms with Crippen molar-refractivity contribution in [3.63, 3.8) is 0 Å². The van der Waals surface area contributed by atoms with Crippen LogP contribution in [0.3, 0.4) is 0 Å². The number of urea groups is 1. The van der Waals surface area contributed by atoms with Crippen molar-refractivity contribution >= 4 is 11.7 Å². The van der Waals surface area contributed by atoms with Gasteiger partial charge in [-0.3, -0.25) is 0 Å². The van der Waals surface area contributed by atoms with Crippen molar-refractivity contribution in [3.8, 4) is 11.5 Å². The van der Waals surface area contributed by atoms with E-state index < -0.39 is 0 Å². The van der Waals surface area contributed by atoms with Crippen LogP contribution in [0.15, 0.2) is 33.2 Å². The number of rotatable bonds is 7. The third kappa shape index (κ3) is 4.88. The highest BCUT2D eigenvalue weighted by Gasteiger charge is 2.14. The molecule has 0 unspecified atom stereocenters. The molecule has 0 fully saturated rings. The van der Waals surface area contributed by atoms with Crippen LogP contribution in [-0.2, 0) is 17.7 Å². The van der Waals surface area contributed by atoms with E-state index in [9.17, 15) is 4.79 Å². The van der Waals surface area contributed by atoms with Crippen LogP contribution in [0.2, 0.25) is 0 Å². The average molecular weight is 372 g/mol. The first-order chi connectivity index (χ1) is 13.0. The van der Waals surface area contributed by atoms with Gasteiger partial charge in [0.25, 0.3) is 0 Å². The van der Waals surface area contributed by atoms with Crippen molar-refractivity contribution < 1.29 is 18.5 Å². The summed E-state index contributed by atoms with van der Waals surface area (Å²) in [7, 11) is 3.25. The Labute approximate surface area is 155 Å². The molecule has 1 aromatic carbocycles. The van der Waals surface area contributed by atoms with Crippen LogP contribution in [0.25, 0.3) is 11.5 Å². The average Bonchev–Trinajstić information content (AvgIpc) is 3.29. The second kappa shape index (κ2) is 8.41. The summed E-state index contributed by atoms with van der Waals surface area (Å²) in [5.74, 6) is 1.84. The number of hydrogen-bond acceptors (Lipinski definition) is 8. The predicted octanol–water partition coefficient (Wildman–Crippen LogP) is 2.28. The number of ether oxygens (including phenoxy) is 1. The summed E-state index contributed by atoms with van der Waals surface area (Å²) in [6, 6.07) is 6.81. The molecule has 0 aliphatic carbocycles. The zero-order valence-corrected chi connectivity index (χ0v) is 15.3. The number of amides is 2. The number of benzene rings is 1. The molecule has 1 N–H and O–H groups in total. The lowest BCUT2D eigenvalue weighted by molar-refractivity contribution is 0.199. The lowest BCUT2D eigenvalue weighted by Crippen LogP contribution is -2.30. The highest BCUT2D eigenvalue weighted by atomic mass is 16.5. The Balaban J connectivity index is 1.55. The highest BCUT2D eigenvalue weighted by molar-refractivity contribution is 5.89. The van der Waals surface area contributed by atoms with Crippen LogP contribution < -0.4 is 5.32 Å². The molecule has 10 nitrogen and oxygen atoms in total. The fourth-order valence-electron chi connectivity index (χ4n) is 2.25. The SMILES string of the molecule is COCCc1noc(CN(C)C(=O)Nc2ccc(-c3nnc(C)o3)cc2)n1. The van der Waals surface area contributed by atoms with Crippen molar-refractivity contribution in [1.29, 1.82) is 0 Å². The Morgan fingerprint density at radius 3 is 2.70 bits per heavy atom. The minimum Gasteiger partial charge on any atom is -0.421 e. The van der Waals surface area contributed by atoms with Crippen LogP contribution in [-0.4, -0.2) is 52.0 Å². The minimum atomic E-state index is -0.298. The number of nitrogens with one attached hydrogen (secondary N) is 1. The largest absolute Gasteiger partial charge is 0.421 e. The third-order valence-corrected chi connectivity index (χ3v) is 3.67. The second-order valence-corrected chi connectivity index (χ2v) is 5.84. The molecular weight excluding hydrogens is 352 g/mol. The van der Waals surface area contributed by atoms with Crippen LogP contribution in [0, 0.1) is 6.92 Å². The Morgan fingerprint density at radius 1 is 1.26 bits per heavy atom. The van der Waals surface area contributed by atoms with Crippen molar-refractivity contribution in [2.75, 3.05) is 26.1 Å². The van der Waals surface area contributed by atoms with Gasteiger partial charge in [0, 0.05) is 38.8 Å². The molecule has 0 atom stereocenters. The number of anilines is 1. The van der Waals surface area contributed by atoms with E-state index in [2.05, 4.69) is 25.7 Å². The number of methoxy groups -OCH3 is 1. The van der Waals surface area contributed by atoms with Crippen molar-refractivity contribution in [2.45, 2.75) is 19.9 Å². The summed E-state index contributed by atoms with van der Waals surface area (Å²) in [4.78, 5) is 18.0. The van der Waals surface area contributed by atoms with Crippen molar-refractivity contribution in [3.05, 3.63) is 41.9 Å². The van der Waals surface area contributed by atoms with Gasteiger partial charge in [0.05, 0.1) is 6.61 Å². The monoisotopic (exact) mass is 372 g/mol. The Morgan fingerprint density at radius 2 is 2.04 bits per heavy atom. The lowest BCUT2D eigenvalue weighted by atomic mass is 10.2. The number of nitrogens with zero attached hydrogens (tertiary/aromatic N) is 5. The maximum atomic E-state index is 12.3. The van der Waals surface area contributed by atoms with Gasteiger partial charge >= 0.3 is 6.03 Å². The molecule has 0 bridgehead atoms. The summed E-state index contributed by atoms with van der Waals surface area (Å²) in [5.41, 5.74) is 1.41. The van der Waals surface area contributed by atoms with Crippen LogP contribution >= 0.6 is 0 Å². The van der Waals surface area contributed by atoms with Gasteiger partial charge in [-0.25, -0.2) is 4.79 Å². The van der Waals surface area contributed by atoms with Gasteiger partial charge in [-0.2, -0.15) is 4.98 Å². The third-order valence-electron chi connectivity index (χ3n) is 3.67. The van der Waals surface area contributed by atoms with E-state index in [1.165, 1.54) is 4.90 Å². The van der Waals surface area contributed by atoms with Crippen molar-refractivity contribution in [2.24, 2.45) is 0 Å². The van der Waals surface area contributed by atoms with E-state index in [1.807, 2.05) is 0 Å². The number of hydrogen-bond donors (Lipinski definition) is 1. The van der Waals surface area contributed by atoms with Crippen molar-refractivity contribution in [1.82, 2.24) is 25.2 Å². The lowest BCUT2D eigenvalue weighted by Gasteiger charge is -2.15. The molecule has 3 rings (SSSR count). The Hall–Kier alpha value is -3.27. The smallest absolute Gasteiger partial charge is 0.322 e. The molecule has 0 saturated carbocycles. The molecule has 10 heteroatoms. The van der Waals surface area contributed by atoms with Gasteiger partial charge in [0.2, 0.25) is 17.7 Å². The van der Waals surface area contributed by atoms with Gasteiger partial charge in [0.1, 0.15) is 6.54 Å². The molecule has 2 amide bonds. The van der Waals surface area contributed by atoms with Gasteiger partial charge < -0.3 is 23.9 Å². The summed E-state index contributed by atoms with van der Waals surface area (Å²) in [6.45, 7) is 2.43. The number of aryl methyl sites for hydroxylation is 1. The standard InChI is InChI=1S/C17H20N6O4/c1-11-20-21-16(26-11)12-4-6-13(7-5-12)18-17(24)23(2)10-15-19-14(22-27-15)8-9-25-3/h4-7H,8-10H2,1-3H3,(H,18,24). The first kappa shape index (κ1) is 18.5. The summed E-state index contributed by atoms with van der Waals surface area (Å²) >= 11 is 0. The molecular formula is C17H20N6O4. The first-order valence-corrected chi connectivity index (χ1v) is 8.28. The molecule has 0 aliphatic heterocycles. The molecule has 27 heavy (non-hydrogen) atoms. The number of carbonyl (C=O) groups is 1. The normalized spacial score (nSPS) is 10.8. The zero-order chi connectivity index (χ0) is 19.2. The molecule has 0 saturated heterocycles. The quantitative estimate of drug-likeness (QED) is 0.671. The second-order valence-electron chi connectivity index (χ2n) is 5.84. The summed E-state index contributed by atoms with van der Waals surface area (Å²) in [6.07, 6.45) is 0.557. The van der Waals surface area contributed by atoms with Crippen LogP contribution in [0.1, 0.15) is 17.6 Å². The first-order valence-electron chi connectivity index (χ1n) is 8.28. The summed E-state index contributed by atoms with van der Waals surface area (Å²) in [5, 5.41) is 14.4. The van der Waals surface area contributed by atoms with E-state index in [1.54, 1.807) is 45.3 Å². The molecule has 2 heterocycles. The zero-order valence-electron chi connectivity index (χ0n) is 15.3. The van der Waals surface area contributed by atoms with Gasteiger partial charge in [-0.05, 0) is 24.3 Å². The topological polar surface area (TPSA) is 119 Å². The molecule has 142 valence electrons. The molecule has 2 aromatic heterocycles.